The van der Waals surface area contributed by atoms with Crippen LogP contribution in [-0.2, 0) is 4.79 Å². The third-order valence-corrected chi connectivity index (χ3v) is 2.75. The largest absolute Gasteiger partial charge is 0.395 e. The van der Waals surface area contributed by atoms with E-state index in [1.807, 2.05) is 13.8 Å². The van der Waals surface area contributed by atoms with E-state index in [1.54, 1.807) is 0 Å². The first-order valence-corrected chi connectivity index (χ1v) is 6.03. The Labute approximate surface area is 110 Å². The van der Waals surface area contributed by atoms with Crippen molar-refractivity contribution in [2.75, 3.05) is 18.5 Å². The normalized spacial score (nSPS) is 12.5. The van der Waals surface area contributed by atoms with Gasteiger partial charge in [0.25, 0.3) is 0 Å². The average molecular weight is 272 g/mol. The molecule has 0 spiro atoms. The molecule has 1 aromatic rings. The Kier molecular flexibility index (Phi) is 5.85. The zero-order valence-corrected chi connectivity index (χ0v) is 10.9. The molecule has 0 fully saturated rings. The van der Waals surface area contributed by atoms with Crippen molar-refractivity contribution in [2.24, 2.45) is 5.92 Å². The second-order valence-electron chi connectivity index (χ2n) is 4.56. The SMILES string of the molecule is CC(C)C(CO)NCC(=O)Nc1c(F)cccc1F. The fourth-order valence-electron chi connectivity index (χ4n) is 1.54. The lowest BCUT2D eigenvalue weighted by Crippen LogP contribution is -2.41. The van der Waals surface area contributed by atoms with Gasteiger partial charge in [0.2, 0.25) is 5.91 Å². The van der Waals surface area contributed by atoms with E-state index >= 15 is 0 Å². The Hall–Kier alpha value is -1.53. The summed E-state index contributed by atoms with van der Waals surface area (Å²) in [5.74, 6) is -2.07. The Morgan fingerprint density at radius 3 is 2.37 bits per heavy atom. The number of aliphatic hydroxyl groups is 1. The first-order chi connectivity index (χ1) is 8.95. The molecule has 0 radical (unpaired) electrons. The number of benzene rings is 1. The van der Waals surface area contributed by atoms with Gasteiger partial charge in [-0.2, -0.15) is 0 Å². The van der Waals surface area contributed by atoms with E-state index < -0.39 is 23.2 Å². The number of aliphatic hydroxyl groups excluding tert-OH is 1. The first kappa shape index (κ1) is 15.5. The summed E-state index contributed by atoms with van der Waals surface area (Å²) < 4.78 is 26.6. The molecule has 4 nitrogen and oxygen atoms in total. The summed E-state index contributed by atoms with van der Waals surface area (Å²) in [6, 6.07) is 3.11. The van der Waals surface area contributed by atoms with E-state index in [1.165, 1.54) is 6.07 Å². The number of hydrogen-bond acceptors (Lipinski definition) is 3. The zero-order valence-electron chi connectivity index (χ0n) is 10.9. The molecule has 19 heavy (non-hydrogen) atoms. The molecule has 0 aliphatic heterocycles. The van der Waals surface area contributed by atoms with Gasteiger partial charge < -0.3 is 15.7 Å². The number of para-hydroxylation sites is 1. The summed E-state index contributed by atoms with van der Waals surface area (Å²) in [7, 11) is 0. The Bertz CT molecular complexity index is 418. The number of carbonyl (C=O) groups is 1. The van der Waals surface area contributed by atoms with Gasteiger partial charge in [-0.1, -0.05) is 19.9 Å². The molecule has 0 saturated carbocycles. The lowest BCUT2D eigenvalue weighted by atomic mass is 10.1. The summed E-state index contributed by atoms with van der Waals surface area (Å²) in [5, 5.41) is 14.1. The molecular weight excluding hydrogens is 254 g/mol. The minimum absolute atomic E-state index is 0.112. The Morgan fingerprint density at radius 2 is 1.89 bits per heavy atom. The van der Waals surface area contributed by atoms with E-state index in [0.717, 1.165) is 12.1 Å². The quantitative estimate of drug-likeness (QED) is 0.735. The van der Waals surface area contributed by atoms with Crippen LogP contribution >= 0.6 is 0 Å². The van der Waals surface area contributed by atoms with Crippen molar-refractivity contribution >= 4 is 11.6 Å². The van der Waals surface area contributed by atoms with Gasteiger partial charge in [-0.05, 0) is 18.1 Å². The average Bonchev–Trinajstić information content (AvgIpc) is 2.34. The molecule has 1 aromatic carbocycles. The molecule has 0 aromatic heterocycles. The molecule has 1 atom stereocenters. The maximum absolute atomic E-state index is 13.3. The number of hydrogen-bond donors (Lipinski definition) is 3. The number of halogens is 2. The third-order valence-electron chi connectivity index (χ3n) is 2.75. The predicted octanol–water partition coefficient (Wildman–Crippen LogP) is 1.51. The lowest BCUT2D eigenvalue weighted by Gasteiger charge is -2.19. The zero-order chi connectivity index (χ0) is 14.4. The van der Waals surface area contributed by atoms with Crippen molar-refractivity contribution < 1.29 is 18.7 Å². The smallest absolute Gasteiger partial charge is 0.238 e. The molecule has 0 saturated heterocycles. The molecule has 106 valence electrons. The van der Waals surface area contributed by atoms with Crippen LogP contribution in [0.5, 0.6) is 0 Å². The molecule has 0 heterocycles. The molecule has 1 amide bonds. The number of anilines is 1. The summed E-state index contributed by atoms with van der Waals surface area (Å²) in [6.45, 7) is 3.54. The van der Waals surface area contributed by atoms with Crippen LogP contribution in [0.1, 0.15) is 13.8 Å². The highest BCUT2D eigenvalue weighted by Gasteiger charge is 2.15. The van der Waals surface area contributed by atoms with Crippen molar-refractivity contribution in [1.82, 2.24) is 5.32 Å². The van der Waals surface area contributed by atoms with E-state index in [0.29, 0.717) is 0 Å². The highest BCUT2D eigenvalue weighted by atomic mass is 19.1. The lowest BCUT2D eigenvalue weighted by molar-refractivity contribution is -0.115. The molecule has 1 rings (SSSR count). The van der Waals surface area contributed by atoms with Crippen LogP contribution in [0.15, 0.2) is 18.2 Å². The number of nitrogens with one attached hydrogen (secondary N) is 2. The first-order valence-electron chi connectivity index (χ1n) is 6.03. The summed E-state index contributed by atoms with van der Waals surface area (Å²) in [6.07, 6.45) is 0. The summed E-state index contributed by atoms with van der Waals surface area (Å²) in [4.78, 5) is 11.6. The van der Waals surface area contributed by atoms with Gasteiger partial charge in [-0.3, -0.25) is 4.79 Å². The van der Waals surface area contributed by atoms with Gasteiger partial charge in [-0.15, -0.1) is 0 Å². The highest BCUT2D eigenvalue weighted by Crippen LogP contribution is 2.17. The molecule has 1 unspecified atom stereocenters. The van der Waals surface area contributed by atoms with Gasteiger partial charge >= 0.3 is 0 Å². The van der Waals surface area contributed by atoms with E-state index in [4.69, 9.17) is 5.11 Å². The second kappa shape index (κ2) is 7.16. The fourth-order valence-corrected chi connectivity index (χ4v) is 1.54. The Morgan fingerprint density at radius 1 is 1.32 bits per heavy atom. The highest BCUT2D eigenvalue weighted by molar-refractivity contribution is 5.92. The standard InChI is InChI=1S/C13H18F2N2O2/c1-8(2)11(7-18)16-6-12(19)17-13-9(14)4-3-5-10(13)15/h3-5,8,11,16,18H,6-7H2,1-2H3,(H,17,19). The monoisotopic (exact) mass is 272 g/mol. The van der Waals surface area contributed by atoms with Crippen LogP contribution in [0.25, 0.3) is 0 Å². The van der Waals surface area contributed by atoms with E-state index in [9.17, 15) is 13.6 Å². The van der Waals surface area contributed by atoms with Crippen molar-refractivity contribution in [2.45, 2.75) is 19.9 Å². The van der Waals surface area contributed by atoms with Gasteiger partial charge in [0, 0.05) is 6.04 Å². The number of rotatable bonds is 6. The molecule has 0 aliphatic rings. The van der Waals surface area contributed by atoms with E-state index in [2.05, 4.69) is 10.6 Å². The van der Waals surface area contributed by atoms with Crippen LogP contribution in [0.3, 0.4) is 0 Å². The van der Waals surface area contributed by atoms with Crippen LogP contribution < -0.4 is 10.6 Å². The molecule has 0 aliphatic carbocycles. The van der Waals surface area contributed by atoms with Gasteiger partial charge in [0.15, 0.2) is 0 Å². The van der Waals surface area contributed by atoms with Gasteiger partial charge in [-0.25, -0.2) is 8.78 Å². The third kappa shape index (κ3) is 4.57. The molecule has 0 bridgehead atoms. The van der Waals surface area contributed by atoms with Crippen LogP contribution in [-0.4, -0.2) is 30.2 Å². The van der Waals surface area contributed by atoms with Crippen LogP contribution in [0, 0.1) is 17.6 Å². The molecule has 6 heteroatoms. The van der Waals surface area contributed by atoms with Crippen molar-refractivity contribution in [3.63, 3.8) is 0 Å². The summed E-state index contributed by atoms with van der Waals surface area (Å²) in [5.41, 5.74) is -0.459. The predicted molar refractivity (Wildman–Crippen MR) is 68.7 cm³/mol. The fraction of sp³-hybridized carbons (Fsp3) is 0.462. The minimum atomic E-state index is -0.823. The molecular formula is C13H18F2N2O2. The summed E-state index contributed by atoms with van der Waals surface area (Å²) >= 11 is 0. The maximum atomic E-state index is 13.3. The topological polar surface area (TPSA) is 61.4 Å². The van der Waals surface area contributed by atoms with Crippen molar-refractivity contribution in [1.29, 1.82) is 0 Å². The van der Waals surface area contributed by atoms with E-state index in [-0.39, 0.29) is 25.1 Å². The van der Waals surface area contributed by atoms with Crippen LogP contribution in [0.4, 0.5) is 14.5 Å². The number of carbonyl (C=O) groups excluding carboxylic acids is 1. The van der Waals surface area contributed by atoms with Crippen molar-refractivity contribution in [3.8, 4) is 0 Å². The van der Waals surface area contributed by atoms with Gasteiger partial charge in [0.1, 0.15) is 17.3 Å². The Balaban J connectivity index is 2.56. The second-order valence-corrected chi connectivity index (χ2v) is 4.56. The number of amides is 1. The van der Waals surface area contributed by atoms with Crippen molar-refractivity contribution in [3.05, 3.63) is 29.8 Å². The van der Waals surface area contributed by atoms with Crippen LogP contribution in [0.2, 0.25) is 0 Å². The maximum Gasteiger partial charge on any atom is 0.238 e. The van der Waals surface area contributed by atoms with Gasteiger partial charge in [0.05, 0.1) is 13.2 Å². The molecule has 3 N–H and O–H groups in total. The minimum Gasteiger partial charge on any atom is -0.395 e.